The maximum Gasteiger partial charge on any atom is 0.147 e. The van der Waals surface area contributed by atoms with Gasteiger partial charge >= 0.3 is 0 Å². The Labute approximate surface area is 315 Å². The molecule has 0 fully saturated rings. The van der Waals surface area contributed by atoms with Crippen molar-refractivity contribution < 1.29 is 8.83 Å². The van der Waals surface area contributed by atoms with Gasteiger partial charge in [-0.15, -0.1) is 0 Å². The molecule has 12 rings (SSSR count). The molecule has 3 aromatic heterocycles. The van der Waals surface area contributed by atoms with Crippen molar-refractivity contribution in [3.05, 3.63) is 188 Å². The van der Waals surface area contributed by atoms with Gasteiger partial charge in [-0.3, -0.25) is 0 Å². The van der Waals surface area contributed by atoms with E-state index in [9.17, 15) is 0 Å². The van der Waals surface area contributed by atoms with Gasteiger partial charge in [-0.05, 0) is 104 Å². The van der Waals surface area contributed by atoms with Crippen molar-refractivity contribution >= 4 is 76.3 Å². The normalized spacial score (nSPS) is 12.0. The van der Waals surface area contributed by atoms with Crippen LogP contribution in [0.1, 0.15) is 0 Å². The molecule has 0 aliphatic heterocycles. The summed E-state index contributed by atoms with van der Waals surface area (Å²) < 4.78 is 15.1. The first-order valence-electron chi connectivity index (χ1n) is 18.7. The summed E-state index contributed by atoms with van der Waals surface area (Å²) in [5.74, 6) is 0. The Morgan fingerprint density at radius 3 is 1.60 bits per heavy atom. The second-order valence-corrected chi connectivity index (χ2v) is 14.4. The first kappa shape index (κ1) is 30.1. The van der Waals surface area contributed by atoms with Crippen LogP contribution in [0.25, 0.3) is 115 Å². The number of hydrogen-bond donors (Lipinski definition) is 0. The molecule has 3 nitrogen and oxygen atoms in total. The lowest BCUT2D eigenvalue weighted by atomic mass is 9.85. The van der Waals surface area contributed by atoms with E-state index in [2.05, 4.69) is 180 Å². The van der Waals surface area contributed by atoms with Crippen LogP contribution < -0.4 is 0 Å². The van der Waals surface area contributed by atoms with E-state index in [1.807, 2.05) is 12.3 Å². The van der Waals surface area contributed by atoms with E-state index in [1.54, 1.807) is 0 Å². The van der Waals surface area contributed by atoms with Crippen LogP contribution in [0.3, 0.4) is 0 Å². The van der Waals surface area contributed by atoms with E-state index in [0.717, 1.165) is 55.3 Å². The average molecular weight is 702 g/mol. The van der Waals surface area contributed by atoms with E-state index >= 15 is 0 Å². The standard InChI is InChI=1S/C52H31NO2/c1-3-13-32(14-4-1)44-31-54-48-28-25-41-43-30-34(24-27-47(43)55-52(41)51(44)48)50-39-20-9-7-18-37(39)49(38-19-8-10-21-40(38)50)33-23-26-46-42(29-33)36-17-11-12-22-45(36)53(46)35-15-5-2-6-16-35/h1-31H. The van der Waals surface area contributed by atoms with Crippen LogP contribution in [-0.4, -0.2) is 4.57 Å². The third-order valence-corrected chi connectivity index (χ3v) is 11.5. The molecule has 0 unspecified atom stereocenters. The van der Waals surface area contributed by atoms with Gasteiger partial charge in [-0.25, -0.2) is 0 Å². The third-order valence-electron chi connectivity index (χ3n) is 11.5. The minimum atomic E-state index is 0.820. The Kier molecular flexibility index (Phi) is 6.34. The van der Waals surface area contributed by atoms with Crippen molar-refractivity contribution in [3.8, 4) is 39.1 Å². The van der Waals surface area contributed by atoms with Gasteiger partial charge in [-0.2, -0.15) is 0 Å². The molecule has 0 aliphatic rings. The van der Waals surface area contributed by atoms with Gasteiger partial charge in [-0.1, -0.05) is 127 Å². The van der Waals surface area contributed by atoms with Crippen LogP contribution in [0.15, 0.2) is 197 Å². The smallest absolute Gasteiger partial charge is 0.147 e. The Hall–Kier alpha value is -7.36. The predicted molar refractivity (Wildman–Crippen MR) is 229 cm³/mol. The molecule has 0 bridgehead atoms. The molecule has 0 saturated heterocycles. The highest BCUT2D eigenvalue weighted by atomic mass is 16.3. The molecular formula is C52H31NO2. The molecule has 55 heavy (non-hydrogen) atoms. The second kappa shape index (κ2) is 11.6. The molecule has 0 radical (unpaired) electrons. The predicted octanol–water partition coefficient (Wildman–Crippen LogP) is 14.7. The zero-order valence-electron chi connectivity index (χ0n) is 29.7. The summed E-state index contributed by atoms with van der Waals surface area (Å²) in [6.45, 7) is 0. The van der Waals surface area contributed by atoms with E-state index in [-0.39, 0.29) is 0 Å². The highest BCUT2D eigenvalue weighted by Crippen LogP contribution is 2.47. The van der Waals surface area contributed by atoms with E-state index < -0.39 is 0 Å². The quantitative estimate of drug-likeness (QED) is 0.171. The summed E-state index contributed by atoms with van der Waals surface area (Å²) >= 11 is 0. The Morgan fingerprint density at radius 2 is 0.909 bits per heavy atom. The molecule has 12 aromatic rings. The SMILES string of the molecule is c1ccc(-c2coc3ccc4c5cc(-c6c7ccccc7c(-c7ccc8c(c7)c7ccccc7n8-c7ccccc7)c7ccccc67)ccc5oc4c23)cc1. The first-order valence-corrected chi connectivity index (χ1v) is 18.7. The maximum absolute atomic E-state index is 6.66. The molecule has 3 heteroatoms. The van der Waals surface area contributed by atoms with Crippen molar-refractivity contribution in [3.63, 3.8) is 0 Å². The van der Waals surface area contributed by atoms with Gasteiger partial charge in [0.2, 0.25) is 0 Å². The van der Waals surface area contributed by atoms with E-state index in [0.29, 0.717) is 0 Å². The van der Waals surface area contributed by atoms with Gasteiger partial charge in [0, 0.05) is 32.8 Å². The van der Waals surface area contributed by atoms with Crippen molar-refractivity contribution in [1.82, 2.24) is 4.57 Å². The molecule has 3 heterocycles. The van der Waals surface area contributed by atoms with Gasteiger partial charge in [0.05, 0.1) is 22.7 Å². The lowest BCUT2D eigenvalue weighted by molar-refractivity contribution is 0.616. The first-order chi connectivity index (χ1) is 27.3. The number of nitrogens with zero attached hydrogens (tertiary/aromatic N) is 1. The van der Waals surface area contributed by atoms with E-state index in [1.165, 1.54) is 60.0 Å². The number of hydrogen-bond acceptors (Lipinski definition) is 2. The third kappa shape index (κ3) is 4.38. The number of aromatic nitrogens is 1. The molecule has 0 atom stereocenters. The highest BCUT2D eigenvalue weighted by Gasteiger charge is 2.21. The van der Waals surface area contributed by atoms with Crippen LogP contribution in [0.2, 0.25) is 0 Å². The molecule has 0 spiro atoms. The summed E-state index contributed by atoms with van der Waals surface area (Å²) in [5.41, 5.74) is 13.1. The van der Waals surface area contributed by atoms with Gasteiger partial charge in [0.1, 0.15) is 16.7 Å². The van der Waals surface area contributed by atoms with Gasteiger partial charge < -0.3 is 13.4 Å². The monoisotopic (exact) mass is 701 g/mol. The topological polar surface area (TPSA) is 31.2 Å². The van der Waals surface area contributed by atoms with Crippen molar-refractivity contribution in [2.75, 3.05) is 0 Å². The van der Waals surface area contributed by atoms with Gasteiger partial charge in [0.25, 0.3) is 0 Å². The summed E-state index contributed by atoms with van der Waals surface area (Å²) in [4.78, 5) is 0. The zero-order chi connectivity index (χ0) is 36.0. The van der Waals surface area contributed by atoms with Crippen LogP contribution in [-0.2, 0) is 0 Å². The molecule has 9 aromatic carbocycles. The zero-order valence-corrected chi connectivity index (χ0v) is 29.7. The van der Waals surface area contributed by atoms with Crippen LogP contribution in [0, 0.1) is 0 Å². The largest absolute Gasteiger partial charge is 0.464 e. The Bertz CT molecular complexity index is 3420. The molecule has 256 valence electrons. The number of fused-ring (bicyclic) bond motifs is 10. The Balaban J connectivity index is 1.10. The fourth-order valence-corrected chi connectivity index (χ4v) is 9.08. The van der Waals surface area contributed by atoms with Crippen molar-refractivity contribution in [2.24, 2.45) is 0 Å². The average Bonchev–Trinajstić information content (AvgIpc) is 3.95. The van der Waals surface area contributed by atoms with E-state index in [4.69, 9.17) is 8.83 Å². The van der Waals surface area contributed by atoms with Crippen LogP contribution in [0.4, 0.5) is 0 Å². The molecule has 0 N–H and O–H groups in total. The van der Waals surface area contributed by atoms with Crippen molar-refractivity contribution in [2.45, 2.75) is 0 Å². The second-order valence-electron chi connectivity index (χ2n) is 14.4. The summed E-state index contributed by atoms with van der Waals surface area (Å²) in [6, 6.07) is 65.4. The van der Waals surface area contributed by atoms with Crippen molar-refractivity contribution in [1.29, 1.82) is 0 Å². The fraction of sp³-hybridized carbons (Fsp3) is 0. The number of benzene rings is 9. The van der Waals surface area contributed by atoms with Crippen LogP contribution in [0.5, 0.6) is 0 Å². The van der Waals surface area contributed by atoms with Gasteiger partial charge in [0.15, 0.2) is 0 Å². The molecular weight excluding hydrogens is 671 g/mol. The Morgan fingerprint density at radius 1 is 0.364 bits per heavy atom. The minimum absolute atomic E-state index is 0.820. The number of rotatable bonds is 4. The molecule has 0 saturated carbocycles. The number of furan rings is 2. The lowest BCUT2D eigenvalue weighted by Crippen LogP contribution is -1.93. The minimum Gasteiger partial charge on any atom is -0.464 e. The lowest BCUT2D eigenvalue weighted by Gasteiger charge is -2.18. The summed E-state index contributed by atoms with van der Waals surface area (Å²) in [5, 5.41) is 10.6. The fourth-order valence-electron chi connectivity index (χ4n) is 9.08. The summed E-state index contributed by atoms with van der Waals surface area (Å²) in [6.07, 6.45) is 1.84. The number of para-hydroxylation sites is 2. The highest BCUT2D eigenvalue weighted by molar-refractivity contribution is 6.24. The molecule has 0 amide bonds. The maximum atomic E-state index is 6.66. The molecule has 0 aliphatic carbocycles. The summed E-state index contributed by atoms with van der Waals surface area (Å²) in [7, 11) is 0. The van der Waals surface area contributed by atoms with Crippen LogP contribution >= 0.6 is 0 Å².